The van der Waals surface area contributed by atoms with Gasteiger partial charge in [-0.1, -0.05) is 17.4 Å². The number of carbonyl (C=O) groups is 1. The number of carbonyl (C=O) groups excluding carboxylic acids is 1. The van der Waals surface area contributed by atoms with E-state index in [1.807, 2.05) is 19.1 Å². The van der Waals surface area contributed by atoms with Gasteiger partial charge < -0.3 is 5.32 Å². The Bertz CT molecular complexity index is 574. The molecule has 17 heavy (non-hydrogen) atoms. The van der Waals surface area contributed by atoms with E-state index < -0.39 is 0 Å². The van der Waals surface area contributed by atoms with Crippen LogP contribution in [0.5, 0.6) is 0 Å². The highest BCUT2D eigenvalue weighted by atomic mass is 32.1. The number of fused-ring (bicyclic) bond motifs is 1. The van der Waals surface area contributed by atoms with E-state index in [1.165, 1.54) is 16.9 Å². The molecular formula is C12H13N3OS. The van der Waals surface area contributed by atoms with Gasteiger partial charge in [0, 0.05) is 6.04 Å². The standard InChI is InChI=1S/C12H13N3OS/c1-7-2-5-9-10(6-7)17-12(14-9)15-11(16)13-8-3-4-8/h2,5-6,8H,3-4H2,1H3,(H2,13,14,15,16). The number of nitrogens with zero attached hydrogens (tertiary/aromatic N) is 1. The van der Waals surface area contributed by atoms with Crippen molar-refractivity contribution in [3.8, 4) is 0 Å². The van der Waals surface area contributed by atoms with Crippen LogP contribution in [0, 0.1) is 6.92 Å². The summed E-state index contributed by atoms with van der Waals surface area (Å²) in [6.07, 6.45) is 2.18. The number of rotatable bonds is 2. The Balaban J connectivity index is 1.77. The number of hydrogen-bond acceptors (Lipinski definition) is 3. The van der Waals surface area contributed by atoms with Gasteiger partial charge in [-0.3, -0.25) is 5.32 Å². The minimum Gasteiger partial charge on any atom is -0.335 e. The highest BCUT2D eigenvalue weighted by Crippen LogP contribution is 2.26. The molecule has 0 atom stereocenters. The lowest BCUT2D eigenvalue weighted by atomic mass is 10.2. The molecule has 1 aromatic heterocycles. The molecule has 0 bridgehead atoms. The summed E-state index contributed by atoms with van der Waals surface area (Å²) in [7, 11) is 0. The molecule has 4 nitrogen and oxygen atoms in total. The van der Waals surface area contributed by atoms with E-state index in [0.29, 0.717) is 11.2 Å². The summed E-state index contributed by atoms with van der Waals surface area (Å²) in [5.74, 6) is 0. The summed E-state index contributed by atoms with van der Waals surface area (Å²) in [6, 6.07) is 6.30. The molecule has 0 saturated heterocycles. The van der Waals surface area contributed by atoms with Crippen molar-refractivity contribution < 1.29 is 4.79 Å². The average Bonchev–Trinajstić information content (AvgIpc) is 2.97. The van der Waals surface area contributed by atoms with Gasteiger partial charge in [0.1, 0.15) is 0 Å². The highest BCUT2D eigenvalue weighted by Gasteiger charge is 2.23. The topological polar surface area (TPSA) is 54.0 Å². The van der Waals surface area contributed by atoms with E-state index in [4.69, 9.17) is 0 Å². The van der Waals surface area contributed by atoms with Gasteiger partial charge in [-0.05, 0) is 37.5 Å². The molecule has 88 valence electrons. The molecule has 5 heteroatoms. The maximum absolute atomic E-state index is 11.6. The monoisotopic (exact) mass is 247 g/mol. The van der Waals surface area contributed by atoms with E-state index in [0.717, 1.165) is 23.1 Å². The highest BCUT2D eigenvalue weighted by molar-refractivity contribution is 7.22. The van der Waals surface area contributed by atoms with Crippen molar-refractivity contribution in [1.82, 2.24) is 10.3 Å². The number of hydrogen-bond donors (Lipinski definition) is 2. The normalized spacial score (nSPS) is 14.9. The summed E-state index contributed by atoms with van der Waals surface area (Å²) in [4.78, 5) is 15.9. The average molecular weight is 247 g/mol. The predicted octanol–water partition coefficient (Wildman–Crippen LogP) is 2.89. The van der Waals surface area contributed by atoms with Crippen LogP contribution in [0.25, 0.3) is 10.2 Å². The number of anilines is 1. The van der Waals surface area contributed by atoms with Crippen molar-refractivity contribution >= 4 is 32.7 Å². The third kappa shape index (κ3) is 2.39. The lowest BCUT2D eigenvalue weighted by molar-refractivity contribution is 0.251. The van der Waals surface area contributed by atoms with Crippen LogP contribution in [-0.4, -0.2) is 17.1 Å². The molecule has 0 radical (unpaired) electrons. The van der Waals surface area contributed by atoms with E-state index >= 15 is 0 Å². The minimum absolute atomic E-state index is 0.150. The molecule has 1 saturated carbocycles. The number of thiazole rings is 1. The lowest BCUT2D eigenvalue weighted by Crippen LogP contribution is -2.30. The smallest absolute Gasteiger partial charge is 0.321 e. The first kappa shape index (κ1) is 10.5. The van der Waals surface area contributed by atoms with E-state index in [9.17, 15) is 4.79 Å². The number of aromatic nitrogens is 1. The number of amides is 2. The molecular weight excluding hydrogens is 234 g/mol. The van der Waals surface area contributed by atoms with Crippen LogP contribution in [-0.2, 0) is 0 Å². The van der Waals surface area contributed by atoms with Crippen molar-refractivity contribution in [2.24, 2.45) is 0 Å². The second-order valence-corrected chi connectivity index (χ2v) is 5.39. The van der Waals surface area contributed by atoms with E-state index in [-0.39, 0.29) is 6.03 Å². The maximum Gasteiger partial charge on any atom is 0.321 e. The summed E-state index contributed by atoms with van der Waals surface area (Å²) in [5, 5.41) is 6.31. The fourth-order valence-electron chi connectivity index (χ4n) is 1.63. The molecule has 1 heterocycles. The Hall–Kier alpha value is -1.62. The van der Waals surface area contributed by atoms with Crippen molar-refractivity contribution in [2.75, 3.05) is 5.32 Å². The van der Waals surface area contributed by atoms with Crippen LogP contribution >= 0.6 is 11.3 Å². The lowest BCUT2D eigenvalue weighted by Gasteiger charge is -2.01. The largest absolute Gasteiger partial charge is 0.335 e. The molecule has 2 aromatic rings. The molecule has 0 aliphatic heterocycles. The molecule has 1 aliphatic carbocycles. The molecule has 3 rings (SSSR count). The van der Waals surface area contributed by atoms with Gasteiger partial charge in [-0.15, -0.1) is 0 Å². The van der Waals surface area contributed by atoms with Gasteiger partial charge >= 0.3 is 6.03 Å². The Morgan fingerprint density at radius 2 is 2.29 bits per heavy atom. The summed E-state index contributed by atoms with van der Waals surface area (Å²) < 4.78 is 1.10. The van der Waals surface area contributed by atoms with Gasteiger partial charge in [0.15, 0.2) is 5.13 Å². The van der Waals surface area contributed by atoms with Crippen LogP contribution in [0.3, 0.4) is 0 Å². The predicted molar refractivity (Wildman–Crippen MR) is 69.5 cm³/mol. The van der Waals surface area contributed by atoms with Gasteiger partial charge in [0.05, 0.1) is 10.2 Å². The molecule has 2 N–H and O–H groups in total. The van der Waals surface area contributed by atoms with E-state index in [2.05, 4.69) is 21.7 Å². The van der Waals surface area contributed by atoms with Gasteiger partial charge in [-0.2, -0.15) is 0 Å². The zero-order valence-electron chi connectivity index (χ0n) is 9.49. The Morgan fingerprint density at radius 3 is 3.06 bits per heavy atom. The van der Waals surface area contributed by atoms with Crippen LogP contribution in [0.15, 0.2) is 18.2 Å². The Kier molecular flexibility index (Phi) is 2.48. The second kappa shape index (κ2) is 4.00. The second-order valence-electron chi connectivity index (χ2n) is 4.36. The SMILES string of the molecule is Cc1ccc2nc(NC(=O)NC3CC3)sc2c1. The van der Waals surface area contributed by atoms with Crippen molar-refractivity contribution in [3.05, 3.63) is 23.8 Å². The van der Waals surface area contributed by atoms with Crippen LogP contribution in [0.4, 0.5) is 9.93 Å². The van der Waals surface area contributed by atoms with Crippen LogP contribution < -0.4 is 10.6 Å². The quantitative estimate of drug-likeness (QED) is 0.857. The third-order valence-electron chi connectivity index (χ3n) is 2.68. The van der Waals surface area contributed by atoms with E-state index in [1.54, 1.807) is 0 Å². The molecule has 0 spiro atoms. The maximum atomic E-state index is 11.6. The number of benzene rings is 1. The van der Waals surface area contributed by atoms with Gasteiger partial charge in [-0.25, -0.2) is 9.78 Å². The van der Waals surface area contributed by atoms with Crippen molar-refractivity contribution in [2.45, 2.75) is 25.8 Å². The zero-order valence-corrected chi connectivity index (χ0v) is 10.3. The first-order valence-corrected chi connectivity index (χ1v) is 6.47. The number of aryl methyl sites for hydroxylation is 1. The van der Waals surface area contributed by atoms with Gasteiger partial charge in [0.2, 0.25) is 0 Å². The molecule has 2 amide bonds. The van der Waals surface area contributed by atoms with Gasteiger partial charge in [0.25, 0.3) is 0 Å². The molecule has 1 aromatic carbocycles. The minimum atomic E-state index is -0.150. The summed E-state index contributed by atoms with van der Waals surface area (Å²) in [5.41, 5.74) is 2.14. The molecule has 1 aliphatic rings. The molecule has 1 fully saturated rings. The van der Waals surface area contributed by atoms with Crippen LogP contribution in [0.2, 0.25) is 0 Å². The van der Waals surface area contributed by atoms with Crippen molar-refractivity contribution in [1.29, 1.82) is 0 Å². The first-order chi connectivity index (χ1) is 8.20. The Morgan fingerprint density at radius 1 is 1.47 bits per heavy atom. The van der Waals surface area contributed by atoms with Crippen molar-refractivity contribution in [3.63, 3.8) is 0 Å². The number of nitrogens with one attached hydrogen (secondary N) is 2. The third-order valence-corrected chi connectivity index (χ3v) is 3.61. The first-order valence-electron chi connectivity index (χ1n) is 5.65. The fourth-order valence-corrected chi connectivity index (χ4v) is 2.59. The Labute approximate surface area is 103 Å². The molecule has 0 unspecified atom stereocenters. The van der Waals surface area contributed by atoms with Crippen LogP contribution in [0.1, 0.15) is 18.4 Å². The zero-order chi connectivity index (χ0) is 11.8. The number of urea groups is 1. The summed E-state index contributed by atoms with van der Waals surface area (Å²) >= 11 is 1.50. The fraction of sp³-hybridized carbons (Fsp3) is 0.333. The summed E-state index contributed by atoms with van der Waals surface area (Å²) in [6.45, 7) is 2.05.